The zero-order chi connectivity index (χ0) is 44.6. The van der Waals surface area contributed by atoms with E-state index in [1.54, 1.807) is 0 Å². The van der Waals surface area contributed by atoms with Crippen molar-refractivity contribution >= 4 is 0 Å². The van der Waals surface area contributed by atoms with E-state index in [4.69, 9.17) is 14.2 Å². The van der Waals surface area contributed by atoms with Crippen LogP contribution in [0.3, 0.4) is 0 Å². The molecule has 0 aromatic rings. The summed E-state index contributed by atoms with van der Waals surface area (Å²) in [5.74, 6) is 7.03. The summed E-state index contributed by atoms with van der Waals surface area (Å²) in [6.45, 7) is 34.1. The number of rotatable bonds is 42. The summed E-state index contributed by atoms with van der Waals surface area (Å²) in [6, 6.07) is 0. The molecule has 14 atom stereocenters. The van der Waals surface area contributed by atoms with Gasteiger partial charge in [-0.1, -0.05) is 134 Å². The second-order valence-corrected chi connectivity index (χ2v) is 21.8. The second-order valence-electron chi connectivity index (χ2n) is 21.8. The standard InChI is InChI=1S/C54H110O5/c1-15-17-19-21-29-57-53(27-23-25-41(3)31-43(5)33-45(7)35-47(9)37-49(11)39-51(13)55)59-54(58-30-22-20-18-16-2)28-24-26-42(4)32-44(6)34-46(8)36-48(10)38-50(12)40-52(14)56/h41-56H,15-40H2,1-14H3. The minimum atomic E-state index is -0.189. The molecule has 0 amide bonds. The van der Waals surface area contributed by atoms with Crippen LogP contribution in [-0.2, 0) is 14.2 Å². The van der Waals surface area contributed by atoms with Gasteiger partial charge in [0, 0.05) is 13.2 Å². The molecule has 5 nitrogen and oxygen atoms in total. The van der Waals surface area contributed by atoms with E-state index in [0.717, 1.165) is 100 Å². The van der Waals surface area contributed by atoms with Gasteiger partial charge in [-0.3, -0.25) is 0 Å². The van der Waals surface area contributed by atoms with Crippen molar-refractivity contribution in [1.29, 1.82) is 0 Å². The summed E-state index contributed by atoms with van der Waals surface area (Å²) in [4.78, 5) is 0. The molecule has 0 aliphatic rings. The monoisotopic (exact) mass is 839 g/mol. The van der Waals surface area contributed by atoms with Crippen LogP contribution in [0, 0.1) is 59.2 Å². The maximum Gasteiger partial charge on any atom is 0.160 e. The first kappa shape index (κ1) is 58.8. The van der Waals surface area contributed by atoms with Gasteiger partial charge in [0.25, 0.3) is 0 Å². The predicted octanol–water partition coefficient (Wildman–Crippen LogP) is 16.2. The topological polar surface area (TPSA) is 68.2 Å². The van der Waals surface area contributed by atoms with E-state index in [1.165, 1.54) is 103 Å². The molecule has 0 aromatic heterocycles. The third kappa shape index (κ3) is 36.9. The van der Waals surface area contributed by atoms with Gasteiger partial charge in [-0.15, -0.1) is 0 Å². The highest BCUT2D eigenvalue weighted by molar-refractivity contribution is 4.71. The molecule has 0 fully saturated rings. The van der Waals surface area contributed by atoms with E-state index in [1.807, 2.05) is 13.8 Å². The van der Waals surface area contributed by atoms with E-state index >= 15 is 0 Å². The van der Waals surface area contributed by atoms with Crippen LogP contribution < -0.4 is 0 Å². The number of aliphatic hydroxyl groups is 2. The quantitative estimate of drug-likeness (QED) is 0.0473. The van der Waals surface area contributed by atoms with E-state index in [-0.39, 0.29) is 24.8 Å². The molecular weight excluding hydrogens is 729 g/mol. The maximum atomic E-state index is 9.78. The molecule has 0 saturated carbocycles. The van der Waals surface area contributed by atoms with Crippen LogP contribution in [0.15, 0.2) is 0 Å². The van der Waals surface area contributed by atoms with Crippen LogP contribution in [-0.4, -0.2) is 48.2 Å². The smallest absolute Gasteiger partial charge is 0.160 e. The Bertz CT molecular complexity index is 824. The Morgan fingerprint density at radius 1 is 0.305 bits per heavy atom. The van der Waals surface area contributed by atoms with Crippen molar-refractivity contribution in [2.75, 3.05) is 13.2 Å². The van der Waals surface area contributed by atoms with Gasteiger partial charge >= 0.3 is 0 Å². The SMILES string of the molecule is CCCCCCOC(CCCC(C)CC(C)CC(C)CC(C)CC(C)CC(C)O)OC(CCCC(C)CC(C)CC(C)CC(C)CC(C)CC(C)O)OCCCCCC. The molecule has 0 bridgehead atoms. The average Bonchev–Trinajstić information content (AvgIpc) is 3.09. The molecule has 0 radical (unpaired) electrons. The Morgan fingerprint density at radius 2 is 0.576 bits per heavy atom. The zero-order valence-corrected chi connectivity index (χ0v) is 42.6. The first-order valence-corrected chi connectivity index (χ1v) is 26.2. The van der Waals surface area contributed by atoms with Gasteiger partial charge < -0.3 is 24.4 Å². The highest BCUT2D eigenvalue weighted by atomic mass is 16.8. The van der Waals surface area contributed by atoms with E-state index < -0.39 is 0 Å². The van der Waals surface area contributed by atoms with Crippen molar-refractivity contribution in [2.24, 2.45) is 59.2 Å². The molecular formula is C54H110O5. The Hall–Kier alpha value is -0.200. The number of hydrogen-bond donors (Lipinski definition) is 2. The molecule has 2 N–H and O–H groups in total. The predicted molar refractivity (Wildman–Crippen MR) is 258 cm³/mol. The van der Waals surface area contributed by atoms with Gasteiger partial charge in [0.15, 0.2) is 12.6 Å². The third-order valence-corrected chi connectivity index (χ3v) is 13.1. The lowest BCUT2D eigenvalue weighted by molar-refractivity contribution is -0.250. The first-order valence-electron chi connectivity index (χ1n) is 26.2. The number of unbranched alkanes of at least 4 members (excludes halogenated alkanes) is 6. The van der Waals surface area contributed by atoms with Crippen LogP contribution >= 0.6 is 0 Å². The molecule has 356 valence electrons. The van der Waals surface area contributed by atoms with Crippen LogP contribution in [0.1, 0.15) is 251 Å². The van der Waals surface area contributed by atoms with Crippen molar-refractivity contribution in [3.05, 3.63) is 0 Å². The Kier molecular flexibility index (Phi) is 37.1. The number of hydrogen-bond acceptors (Lipinski definition) is 5. The molecule has 0 rings (SSSR count). The summed E-state index contributed by atoms with van der Waals surface area (Å²) in [6.07, 6.45) is 27.6. The summed E-state index contributed by atoms with van der Waals surface area (Å²) < 4.78 is 19.8. The summed E-state index contributed by atoms with van der Waals surface area (Å²) in [7, 11) is 0. The Labute approximate surface area is 371 Å². The van der Waals surface area contributed by atoms with Gasteiger partial charge in [-0.25, -0.2) is 0 Å². The summed E-state index contributed by atoms with van der Waals surface area (Å²) in [5, 5.41) is 19.6. The normalized spacial score (nSPS) is 19.5. The van der Waals surface area contributed by atoms with Crippen molar-refractivity contribution in [1.82, 2.24) is 0 Å². The summed E-state index contributed by atoms with van der Waals surface area (Å²) >= 11 is 0. The van der Waals surface area contributed by atoms with Crippen molar-refractivity contribution < 1.29 is 24.4 Å². The highest BCUT2D eigenvalue weighted by Gasteiger charge is 2.22. The number of aliphatic hydroxyl groups excluding tert-OH is 2. The van der Waals surface area contributed by atoms with Crippen molar-refractivity contribution in [3.8, 4) is 0 Å². The molecule has 59 heavy (non-hydrogen) atoms. The van der Waals surface area contributed by atoms with E-state index in [9.17, 15) is 10.2 Å². The van der Waals surface area contributed by atoms with Crippen LogP contribution in [0.5, 0.6) is 0 Å². The van der Waals surface area contributed by atoms with Gasteiger partial charge in [-0.2, -0.15) is 0 Å². The largest absolute Gasteiger partial charge is 0.393 e. The molecule has 0 aromatic carbocycles. The highest BCUT2D eigenvalue weighted by Crippen LogP contribution is 2.31. The van der Waals surface area contributed by atoms with E-state index in [0.29, 0.717) is 23.7 Å². The van der Waals surface area contributed by atoms with Crippen LogP contribution in [0.2, 0.25) is 0 Å². The van der Waals surface area contributed by atoms with Crippen molar-refractivity contribution in [2.45, 2.75) is 276 Å². The molecule has 14 unspecified atom stereocenters. The van der Waals surface area contributed by atoms with Crippen LogP contribution in [0.4, 0.5) is 0 Å². The van der Waals surface area contributed by atoms with Gasteiger partial charge in [0.2, 0.25) is 0 Å². The summed E-state index contributed by atoms with van der Waals surface area (Å²) in [5.41, 5.74) is 0. The Morgan fingerprint density at radius 3 is 0.847 bits per heavy atom. The molecule has 5 heteroatoms. The lowest BCUT2D eigenvalue weighted by Gasteiger charge is -2.27. The third-order valence-electron chi connectivity index (χ3n) is 13.1. The molecule has 0 saturated heterocycles. The minimum Gasteiger partial charge on any atom is -0.393 e. The lowest BCUT2D eigenvalue weighted by atomic mass is 9.82. The number of ether oxygens (including phenoxy) is 3. The fourth-order valence-electron chi connectivity index (χ4n) is 11.0. The molecule has 0 heterocycles. The maximum absolute atomic E-state index is 9.78. The van der Waals surface area contributed by atoms with Crippen LogP contribution in [0.25, 0.3) is 0 Å². The zero-order valence-electron chi connectivity index (χ0n) is 42.6. The Balaban J connectivity index is 5.13. The average molecular weight is 839 g/mol. The fourth-order valence-corrected chi connectivity index (χ4v) is 11.0. The van der Waals surface area contributed by atoms with Gasteiger partial charge in [0.05, 0.1) is 12.2 Å². The molecule has 0 aliphatic carbocycles. The van der Waals surface area contributed by atoms with Gasteiger partial charge in [0.1, 0.15) is 0 Å². The van der Waals surface area contributed by atoms with E-state index in [2.05, 4.69) is 83.1 Å². The second kappa shape index (κ2) is 37.2. The first-order chi connectivity index (χ1) is 27.9. The van der Waals surface area contributed by atoms with Gasteiger partial charge in [-0.05, 0) is 176 Å². The molecule has 0 spiro atoms. The fraction of sp³-hybridized carbons (Fsp3) is 1.00. The van der Waals surface area contributed by atoms with Crippen molar-refractivity contribution in [3.63, 3.8) is 0 Å². The lowest BCUT2D eigenvalue weighted by Crippen LogP contribution is -2.28. The molecule has 0 aliphatic heterocycles. The minimum absolute atomic E-state index is 0.184.